The van der Waals surface area contributed by atoms with Crippen LogP contribution in [0.4, 0.5) is 0 Å². The molecule has 0 fully saturated rings. The Kier molecular flexibility index (Phi) is 6.30. The van der Waals surface area contributed by atoms with Crippen LogP contribution >= 0.6 is 11.6 Å². The summed E-state index contributed by atoms with van der Waals surface area (Å²) in [5.41, 5.74) is 0.122. The Morgan fingerprint density at radius 2 is 1.81 bits per heavy atom. The molecule has 0 bridgehead atoms. The fourth-order valence-electron chi connectivity index (χ4n) is 2.17. The van der Waals surface area contributed by atoms with Gasteiger partial charge < -0.3 is 13.9 Å². The van der Waals surface area contributed by atoms with Gasteiger partial charge in [0.05, 0.1) is 22.6 Å². The quantitative estimate of drug-likeness (QED) is 0.668. The Labute approximate surface area is 161 Å². The molecule has 2 aromatic rings. The summed E-state index contributed by atoms with van der Waals surface area (Å²) in [5, 5.41) is 0.0450. The highest BCUT2D eigenvalue weighted by atomic mass is 35.5. The van der Waals surface area contributed by atoms with E-state index in [1.807, 2.05) is 0 Å². The summed E-state index contributed by atoms with van der Waals surface area (Å²) >= 11 is 6.00. The Balaban J connectivity index is 2.21. The van der Waals surface area contributed by atoms with Crippen LogP contribution in [0.15, 0.2) is 33.6 Å². The number of benzene rings is 1. The maximum atomic E-state index is 12.3. The SMILES string of the molecule is COC(=O)c1cc(COC(=O)c2cc(S(=O)(=O)N(C)C)ccc2Cl)oc1C. The molecule has 8 nitrogen and oxygen atoms in total. The van der Waals surface area contributed by atoms with Crippen LogP contribution in [0.1, 0.15) is 32.2 Å². The van der Waals surface area contributed by atoms with Gasteiger partial charge in [-0.05, 0) is 31.2 Å². The second-order valence-electron chi connectivity index (χ2n) is 5.68. The molecule has 0 aliphatic heterocycles. The maximum absolute atomic E-state index is 12.3. The Bertz CT molecular complexity index is 979. The minimum absolute atomic E-state index is 0.0450. The van der Waals surface area contributed by atoms with E-state index < -0.39 is 22.0 Å². The van der Waals surface area contributed by atoms with E-state index in [-0.39, 0.29) is 33.4 Å². The molecule has 0 spiro atoms. The van der Waals surface area contributed by atoms with E-state index in [2.05, 4.69) is 4.74 Å². The molecular weight excluding hydrogens is 398 g/mol. The number of esters is 2. The Morgan fingerprint density at radius 1 is 1.15 bits per heavy atom. The van der Waals surface area contributed by atoms with Crippen LogP contribution < -0.4 is 0 Å². The molecule has 0 saturated heterocycles. The molecule has 146 valence electrons. The molecule has 0 aliphatic carbocycles. The van der Waals surface area contributed by atoms with E-state index in [0.29, 0.717) is 5.76 Å². The average molecular weight is 416 g/mol. The van der Waals surface area contributed by atoms with Crippen molar-refractivity contribution in [1.29, 1.82) is 0 Å². The second kappa shape index (κ2) is 8.12. The first kappa shape index (κ1) is 20.9. The molecule has 0 atom stereocenters. The Morgan fingerprint density at radius 3 is 2.41 bits per heavy atom. The predicted molar refractivity (Wildman–Crippen MR) is 96.2 cm³/mol. The number of sulfonamides is 1. The van der Waals surface area contributed by atoms with Crippen LogP contribution in [-0.4, -0.2) is 45.9 Å². The van der Waals surface area contributed by atoms with Crippen molar-refractivity contribution in [3.8, 4) is 0 Å². The second-order valence-corrected chi connectivity index (χ2v) is 8.24. The third-order valence-electron chi connectivity index (χ3n) is 3.66. The third-order valence-corrected chi connectivity index (χ3v) is 5.80. The summed E-state index contributed by atoms with van der Waals surface area (Å²) in [5.74, 6) is -0.845. The van der Waals surface area contributed by atoms with Crippen molar-refractivity contribution >= 4 is 33.6 Å². The van der Waals surface area contributed by atoms with Crippen molar-refractivity contribution in [2.45, 2.75) is 18.4 Å². The van der Waals surface area contributed by atoms with Crippen LogP contribution in [0.5, 0.6) is 0 Å². The molecule has 27 heavy (non-hydrogen) atoms. The molecule has 0 aliphatic rings. The maximum Gasteiger partial charge on any atom is 0.341 e. The summed E-state index contributed by atoms with van der Waals surface area (Å²) in [6.45, 7) is 1.31. The van der Waals surface area contributed by atoms with E-state index >= 15 is 0 Å². The number of methoxy groups -OCH3 is 1. The zero-order valence-electron chi connectivity index (χ0n) is 15.1. The number of carbonyl (C=O) groups is 2. The molecule has 0 amide bonds. The zero-order chi connectivity index (χ0) is 20.4. The summed E-state index contributed by atoms with van der Waals surface area (Å²) < 4.78 is 40.5. The van der Waals surface area contributed by atoms with Gasteiger partial charge in [-0.3, -0.25) is 0 Å². The number of nitrogens with zero attached hydrogens (tertiary/aromatic N) is 1. The van der Waals surface area contributed by atoms with Crippen LogP contribution in [0.25, 0.3) is 0 Å². The largest absolute Gasteiger partial charge is 0.465 e. The van der Waals surface area contributed by atoms with Crippen LogP contribution in [0.2, 0.25) is 5.02 Å². The lowest BCUT2D eigenvalue weighted by Crippen LogP contribution is -2.22. The van der Waals surface area contributed by atoms with Crippen molar-refractivity contribution in [3.63, 3.8) is 0 Å². The van der Waals surface area contributed by atoms with Gasteiger partial charge in [0.1, 0.15) is 23.7 Å². The standard InChI is InChI=1S/C17H18ClNO7S/c1-10-13(16(20)24-4)7-11(26-10)9-25-17(21)14-8-12(5-6-15(14)18)27(22,23)19(2)3/h5-8H,9H2,1-4H3. The van der Waals surface area contributed by atoms with E-state index in [4.69, 9.17) is 20.8 Å². The van der Waals surface area contributed by atoms with Gasteiger partial charge >= 0.3 is 11.9 Å². The van der Waals surface area contributed by atoms with Gasteiger partial charge in [-0.15, -0.1) is 0 Å². The van der Waals surface area contributed by atoms with Crippen LogP contribution in [-0.2, 0) is 26.1 Å². The van der Waals surface area contributed by atoms with E-state index in [9.17, 15) is 18.0 Å². The molecule has 0 radical (unpaired) electrons. The summed E-state index contributed by atoms with van der Waals surface area (Å²) in [4.78, 5) is 23.8. The van der Waals surface area contributed by atoms with Gasteiger partial charge in [-0.1, -0.05) is 11.6 Å². The number of halogens is 1. The van der Waals surface area contributed by atoms with Gasteiger partial charge in [0.2, 0.25) is 10.0 Å². The van der Waals surface area contributed by atoms with Crippen molar-refractivity contribution in [2.24, 2.45) is 0 Å². The van der Waals surface area contributed by atoms with E-state index in [0.717, 1.165) is 10.4 Å². The number of rotatable bonds is 6. The van der Waals surface area contributed by atoms with Gasteiger partial charge in [-0.2, -0.15) is 0 Å². The summed E-state index contributed by atoms with van der Waals surface area (Å²) in [6.07, 6.45) is 0. The number of hydrogen-bond donors (Lipinski definition) is 0. The lowest BCUT2D eigenvalue weighted by atomic mass is 10.2. The van der Waals surface area contributed by atoms with Crippen molar-refractivity contribution < 1.29 is 31.9 Å². The molecule has 0 N–H and O–H groups in total. The fourth-order valence-corrected chi connectivity index (χ4v) is 3.30. The van der Waals surface area contributed by atoms with Gasteiger partial charge in [0, 0.05) is 14.1 Å². The molecule has 1 aromatic heterocycles. The highest BCUT2D eigenvalue weighted by Gasteiger charge is 2.22. The Hall–Kier alpha value is -2.36. The number of carbonyl (C=O) groups excluding carboxylic acids is 2. The van der Waals surface area contributed by atoms with Crippen LogP contribution in [0.3, 0.4) is 0 Å². The molecule has 1 aromatic carbocycles. The number of aryl methyl sites for hydroxylation is 1. The first-order valence-electron chi connectivity index (χ1n) is 7.64. The first-order valence-corrected chi connectivity index (χ1v) is 9.46. The molecule has 0 saturated carbocycles. The third kappa shape index (κ3) is 4.49. The fraction of sp³-hybridized carbons (Fsp3) is 0.294. The smallest absolute Gasteiger partial charge is 0.341 e. The van der Waals surface area contributed by atoms with Crippen molar-refractivity contribution in [2.75, 3.05) is 21.2 Å². The lowest BCUT2D eigenvalue weighted by Gasteiger charge is -2.12. The number of furan rings is 1. The zero-order valence-corrected chi connectivity index (χ0v) is 16.7. The van der Waals surface area contributed by atoms with E-state index in [1.165, 1.54) is 39.4 Å². The molecular formula is C17H18ClNO7S. The van der Waals surface area contributed by atoms with Gasteiger partial charge in [-0.25, -0.2) is 22.3 Å². The average Bonchev–Trinajstić information content (AvgIpc) is 2.99. The molecule has 0 unspecified atom stereocenters. The summed E-state index contributed by atoms with van der Waals surface area (Å²) in [6, 6.07) is 5.16. The van der Waals surface area contributed by atoms with Crippen molar-refractivity contribution in [1.82, 2.24) is 4.31 Å². The topological polar surface area (TPSA) is 103 Å². The van der Waals surface area contributed by atoms with E-state index in [1.54, 1.807) is 6.92 Å². The minimum atomic E-state index is -3.73. The lowest BCUT2D eigenvalue weighted by molar-refractivity contribution is 0.0443. The molecule has 10 heteroatoms. The number of ether oxygens (including phenoxy) is 2. The number of hydrogen-bond acceptors (Lipinski definition) is 7. The van der Waals surface area contributed by atoms with Gasteiger partial charge in [0.25, 0.3) is 0 Å². The van der Waals surface area contributed by atoms with Gasteiger partial charge in [0.15, 0.2) is 0 Å². The van der Waals surface area contributed by atoms with Crippen molar-refractivity contribution in [3.05, 3.63) is 51.9 Å². The summed E-state index contributed by atoms with van der Waals surface area (Å²) in [7, 11) is 0.257. The monoisotopic (exact) mass is 415 g/mol. The first-order chi connectivity index (χ1) is 12.6. The molecule has 2 rings (SSSR count). The predicted octanol–water partition coefficient (Wildman–Crippen LogP) is 2.64. The normalized spacial score (nSPS) is 11.5. The highest BCUT2D eigenvalue weighted by molar-refractivity contribution is 7.89. The minimum Gasteiger partial charge on any atom is -0.465 e. The van der Waals surface area contributed by atoms with Crippen LogP contribution in [0, 0.1) is 6.92 Å². The molecule has 1 heterocycles. The highest BCUT2D eigenvalue weighted by Crippen LogP contribution is 2.24.